The van der Waals surface area contributed by atoms with E-state index in [0.717, 1.165) is 42.7 Å². The van der Waals surface area contributed by atoms with Crippen LogP contribution in [0.1, 0.15) is 37.1 Å². The van der Waals surface area contributed by atoms with Gasteiger partial charge in [-0.15, -0.1) is 0 Å². The molecule has 1 heterocycles. The first-order valence-corrected chi connectivity index (χ1v) is 7.67. The topological polar surface area (TPSA) is 58.2 Å². The second-order valence-corrected chi connectivity index (χ2v) is 5.83. The Labute approximate surface area is 128 Å². The quantitative estimate of drug-likeness (QED) is 0.814. The van der Waals surface area contributed by atoms with Gasteiger partial charge in [-0.25, -0.2) is 9.37 Å². The molecule has 2 aromatic rings. The molecule has 22 heavy (non-hydrogen) atoms. The second-order valence-electron chi connectivity index (χ2n) is 5.83. The van der Waals surface area contributed by atoms with E-state index >= 15 is 0 Å². The maximum Gasteiger partial charge on any atom is 0.226 e. The third-order valence-corrected chi connectivity index (χ3v) is 4.07. The number of rotatable bonds is 4. The molecule has 1 aliphatic rings. The van der Waals surface area contributed by atoms with Gasteiger partial charge in [-0.2, -0.15) is 0 Å². The molecule has 1 aromatic heterocycles. The highest BCUT2D eigenvalue weighted by atomic mass is 19.1. The Morgan fingerprint density at radius 2 is 2.09 bits per heavy atom. The smallest absolute Gasteiger partial charge is 0.226 e. The summed E-state index contributed by atoms with van der Waals surface area (Å²) in [6.07, 6.45) is 3.96. The standard InChI is InChI=1S/C17H20FNO3/c1-11-16(10-21-15-4-2-3-14(20)9-15)19-17(22-11)12-5-7-13(18)8-6-12/h5-8,14-15,20H,2-4,9-10H2,1H3/p+1. The highest BCUT2D eigenvalue weighted by Crippen LogP contribution is 2.25. The zero-order chi connectivity index (χ0) is 15.5. The average molecular weight is 306 g/mol. The van der Waals surface area contributed by atoms with Crippen LogP contribution in [0.4, 0.5) is 4.39 Å². The maximum atomic E-state index is 13.0. The van der Waals surface area contributed by atoms with Crippen LogP contribution in [0.15, 0.2) is 28.7 Å². The summed E-state index contributed by atoms with van der Waals surface area (Å²) in [5.74, 6) is 0.925. The van der Waals surface area contributed by atoms with Crippen molar-refractivity contribution in [1.29, 1.82) is 0 Å². The van der Waals surface area contributed by atoms with E-state index in [1.54, 1.807) is 12.1 Å². The largest absolute Gasteiger partial charge is 0.443 e. The van der Waals surface area contributed by atoms with Gasteiger partial charge in [0, 0.05) is 18.4 Å². The van der Waals surface area contributed by atoms with Crippen LogP contribution in [0.2, 0.25) is 0 Å². The van der Waals surface area contributed by atoms with Gasteiger partial charge < -0.3 is 14.3 Å². The molecular weight excluding hydrogens is 285 g/mol. The van der Waals surface area contributed by atoms with Gasteiger partial charge in [-0.05, 0) is 44.0 Å². The predicted octanol–water partition coefficient (Wildman–Crippen LogP) is 3.34. The first kappa shape index (κ1) is 15.2. The zero-order valence-corrected chi connectivity index (χ0v) is 12.6. The van der Waals surface area contributed by atoms with E-state index < -0.39 is 0 Å². The summed E-state index contributed by atoms with van der Waals surface area (Å²) in [7, 11) is 0. The van der Waals surface area contributed by atoms with Crippen LogP contribution in [0.3, 0.4) is 0 Å². The summed E-state index contributed by atoms with van der Waals surface area (Å²) in [5, 5.41) is 7.82. The zero-order valence-electron chi connectivity index (χ0n) is 12.6. The Kier molecular flexibility index (Phi) is 4.55. The van der Waals surface area contributed by atoms with Crippen molar-refractivity contribution in [1.82, 2.24) is 4.98 Å². The fourth-order valence-electron chi connectivity index (χ4n) is 2.77. The van der Waals surface area contributed by atoms with Gasteiger partial charge in [-0.1, -0.05) is 0 Å². The van der Waals surface area contributed by atoms with Crippen molar-refractivity contribution in [3.8, 4) is 11.5 Å². The Morgan fingerprint density at radius 3 is 2.82 bits per heavy atom. The summed E-state index contributed by atoms with van der Waals surface area (Å²) in [5.41, 5.74) is 1.52. The minimum absolute atomic E-state index is 0.00747. The molecule has 3 rings (SSSR count). The molecule has 4 nitrogen and oxygen atoms in total. The summed E-state index contributed by atoms with van der Waals surface area (Å²) >= 11 is 0. The second kappa shape index (κ2) is 6.58. The van der Waals surface area contributed by atoms with E-state index in [2.05, 4.69) is 4.98 Å². The van der Waals surface area contributed by atoms with Crippen molar-refractivity contribution >= 4 is 0 Å². The number of nitrogens with zero attached hydrogens (tertiary/aromatic N) is 1. The van der Waals surface area contributed by atoms with Crippen LogP contribution in [-0.4, -0.2) is 22.3 Å². The number of halogens is 1. The fourth-order valence-corrected chi connectivity index (χ4v) is 2.77. The van der Waals surface area contributed by atoms with Crippen molar-refractivity contribution in [2.75, 3.05) is 0 Å². The molecule has 0 amide bonds. The summed E-state index contributed by atoms with van der Waals surface area (Å²) in [6.45, 7) is 2.25. The van der Waals surface area contributed by atoms with Gasteiger partial charge in [-0.3, -0.25) is 0 Å². The normalized spacial score (nSPS) is 22.0. The van der Waals surface area contributed by atoms with Crippen LogP contribution in [-0.2, 0) is 11.3 Å². The highest BCUT2D eigenvalue weighted by Gasteiger charge is 2.24. The number of oxazole rings is 1. The minimum atomic E-state index is -0.280. The van der Waals surface area contributed by atoms with Gasteiger partial charge in [0.05, 0.1) is 12.7 Å². The van der Waals surface area contributed by atoms with Gasteiger partial charge in [0.15, 0.2) is 6.10 Å². The molecule has 1 aliphatic carbocycles. The van der Waals surface area contributed by atoms with E-state index in [-0.39, 0.29) is 18.0 Å². The van der Waals surface area contributed by atoms with Crippen LogP contribution in [0.25, 0.3) is 11.5 Å². The van der Waals surface area contributed by atoms with Gasteiger partial charge in [0.25, 0.3) is 0 Å². The molecular formula is C17H21FNO3+. The molecule has 118 valence electrons. The molecule has 1 saturated carbocycles. The predicted molar refractivity (Wildman–Crippen MR) is 81.1 cm³/mol. The first-order valence-electron chi connectivity index (χ1n) is 7.67. The Morgan fingerprint density at radius 1 is 1.32 bits per heavy atom. The summed E-state index contributed by atoms with van der Waals surface area (Å²) in [4.78, 5) is 4.45. The number of aryl methyl sites for hydroxylation is 1. The molecule has 2 unspecified atom stereocenters. The number of benzene rings is 1. The Balaban J connectivity index is 1.66. The fraction of sp³-hybridized carbons (Fsp3) is 0.471. The number of ether oxygens (including phenoxy) is 1. The van der Waals surface area contributed by atoms with Gasteiger partial charge in [0.1, 0.15) is 17.3 Å². The Bertz CT molecular complexity index is 623. The molecule has 2 atom stereocenters. The summed E-state index contributed by atoms with van der Waals surface area (Å²) < 4.78 is 24.5. The highest BCUT2D eigenvalue weighted by molar-refractivity contribution is 5.53. The lowest BCUT2D eigenvalue weighted by Gasteiger charge is -2.23. The molecule has 5 heteroatoms. The van der Waals surface area contributed by atoms with Crippen molar-refractivity contribution < 1.29 is 18.7 Å². The van der Waals surface area contributed by atoms with Crippen LogP contribution < -0.4 is 0 Å². The monoisotopic (exact) mass is 306 g/mol. The van der Waals surface area contributed by atoms with Crippen LogP contribution in [0.5, 0.6) is 0 Å². The van der Waals surface area contributed by atoms with Crippen LogP contribution in [0, 0.1) is 12.7 Å². The van der Waals surface area contributed by atoms with Gasteiger partial charge in [0.2, 0.25) is 5.89 Å². The van der Waals surface area contributed by atoms with Gasteiger partial charge >= 0.3 is 0 Å². The third kappa shape index (κ3) is 3.54. The molecule has 0 spiro atoms. The lowest BCUT2D eigenvalue weighted by molar-refractivity contribution is -0.0240. The summed E-state index contributed by atoms with van der Waals surface area (Å²) in [6, 6.07) is 6.08. The van der Waals surface area contributed by atoms with E-state index in [4.69, 9.17) is 14.3 Å². The SMILES string of the molecule is Cc1oc(-c2ccc(F)cc2)nc1COC1CCCC([OH2+])C1. The van der Waals surface area contributed by atoms with E-state index in [1.807, 2.05) is 6.92 Å². The van der Waals surface area contributed by atoms with E-state index in [1.165, 1.54) is 12.1 Å². The minimum Gasteiger partial charge on any atom is -0.443 e. The molecule has 1 aromatic carbocycles. The van der Waals surface area contributed by atoms with Crippen LogP contribution >= 0.6 is 0 Å². The molecule has 0 saturated heterocycles. The van der Waals surface area contributed by atoms with Crippen molar-refractivity contribution in [2.24, 2.45) is 0 Å². The molecule has 0 radical (unpaired) electrons. The molecule has 0 aliphatic heterocycles. The molecule has 1 fully saturated rings. The third-order valence-electron chi connectivity index (χ3n) is 4.07. The van der Waals surface area contributed by atoms with E-state index in [9.17, 15) is 4.39 Å². The molecule has 2 N–H and O–H groups in total. The number of hydrogen-bond donors (Lipinski definition) is 0. The lowest BCUT2D eigenvalue weighted by Crippen LogP contribution is -2.25. The van der Waals surface area contributed by atoms with Crippen molar-refractivity contribution in [3.05, 3.63) is 41.5 Å². The number of hydrogen-bond acceptors (Lipinski definition) is 3. The Hall–Kier alpha value is -1.72. The average Bonchev–Trinajstić information content (AvgIpc) is 2.87. The van der Waals surface area contributed by atoms with E-state index in [0.29, 0.717) is 12.5 Å². The lowest BCUT2D eigenvalue weighted by atomic mass is 9.95. The maximum absolute atomic E-state index is 13.0. The van der Waals surface area contributed by atoms with Crippen molar-refractivity contribution in [3.63, 3.8) is 0 Å². The van der Waals surface area contributed by atoms with Crippen molar-refractivity contribution in [2.45, 2.75) is 51.4 Å². The number of aromatic nitrogens is 1. The first-order chi connectivity index (χ1) is 10.6. The molecule has 0 bridgehead atoms.